The van der Waals surface area contributed by atoms with Crippen LogP contribution in [0.1, 0.15) is 40.1 Å². The molecule has 5 heteroatoms. The molecular weight excluding hydrogens is 352 g/mol. The summed E-state index contributed by atoms with van der Waals surface area (Å²) in [5.41, 5.74) is 4.11. The van der Waals surface area contributed by atoms with E-state index >= 15 is 0 Å². The summed E-state index contributed by atoms with van der Waals surface area (Å²) in [4.78, 5) is 17.4. The van der Waals surface area contributed by atoms with Crippen LogP contribution >= 0.6 is 23.7 Å². The van der Waals surface area contributed by atoms with Crippen LogP contribution in [0.3, 0.4) is 0 Å². The quantitative estimate of drug-likeness (QED) is 0.821. The third-order valence-corrected chi connectivity index (χ3v) is 6.95. The molecule has 1 aromatic carbocycles. The first-order chi connectivity index (χ1) is 11.8. The van der Waals surface area contributed by atoms with Gasteiger partial charge in [0.25, 0.3) is 5.91 Å². The van der Waals surface area contributed by atoms with E-state index in [0.29, 0.717) is 12.1 Å². The fourth-order valence-electron chi connectivity index (χ4n) is 4.46. The SMILES string of the molecule is Cl.O=C(c1cc2c(s1)-c1ccccc1CC2)N1CCC2CCC(C1)N2. The van der Waals surface area contributed by atoms with Gasteiger partial charge in [-0.05, 0) is 54.9 Å². The number of nitrogens with zero attached hydrogens (tertiary/aromatic N) is 1. The van der Waals surface area contributed by atoms with Crippen molar-refractivity contribution in [2.45, 2.75) is 44.2 Å². The molecular formula is C20H23ClN2OS. The topological polar surface area (TPSA) is 32.3 Å². The van der Waals surface area contributed by atoms with Gasteiger partial charge in [0, 0.05) is 30.1 Å². The molecule has 2 unspecified atom stereocenters. The molecule has 1 aromatic heterocycles. The molecule has 2 aliphatic heterocycles. The lowest BCUT2D eigenvalue weighted by Gasteiger charge is -2.23. The van der Waals surface area contributed by atoms with Gasteiger partial charge in [-0.2, -0.15) is 0 Å². The summed E-state index contributed by atoms with van der Waals surface area (Å²) >= 11 is 1.69. The van der Waals surface area contributed by atoms with Gasteiger partial charge in [-0.3, -0.25) is 4.79 Å². The molecule has 0 spiro atoms. The fourth-order valence-corrected chi connectivity index (χ4v) is 5.70. The maximum Gasteiger partial charge on any atom is 0.264 e. The Kier molecular flexibility index (Phi) is 4.61. The lowest BCUT2D eigenvalue weighted by Crippen LogP contribution is -2.38. The number of aryl methyl sites for hydroxylation is 2. The standard InChI is InChI=1S/C20H22N2OS.ClH/c23-20(22-10-9-15-7-8-16(12-22)21-15)18-11-14-6-5-13-3-1-2-4-17(13)19(14)24-18;/h1-4,11,15-16,21H,5-10,12H2;1H. The lowest BCUT2D eigenvalue weighted by atomic mass is 9.91. The normalized spacial score (nSPS) is 24.1. The summed E-state index contributed by atoms with van der Waals surface area (Å²) < 4.78 is 0. The molecule has 0 radical (unpaired) electrons. The van der Waals surface area contributed by atoms with Crippen LogP contribution < -0.4 is 5.32 Å². The van der Waals surface area contributed by atoms with Gasteiger partial charge in [-0.25, -0.2) is 0 Å². The highest BCUT2D eigenvalue weighted by molar-refractivity contribution is 7.17. The molecule has 132 valence electrons. The maximum atomic E-state index is 13.1. The monoisotopic (exact) mass is 374 g/mol. The van der Waals surface area contributed by atoms with Crippen molar-refractivity contribution in [2.24, 2.45) is 0 Å². The third kappa shape index (κ3) is 3.01. The summed E-state index contributed by atoms with van der Waals surface area (Å²) in [6.45, 7) is 1.76. The molecule has 2 bridgehead atoms. The van der Waals surface area contributed by atoms with E-state index in [-0.39, 0.29) is 18.3 Å². The average Bonchev–Trinajstić information content (AvgIpc) is 3.17. The number of carbonyl (C=O) groups excluding carboxylic acids is 1. The molecule has 2 fully saturated rings. The average molecular weight is 375 g/mol. The van der Waals surface area contributed by atoms with Crippen molar-refractivity contribution in [3.8, 4) is 10.4 Å². The van der Waals surface area contributed by atoms with E-state index in [1.165, 1.54) is 34.4 Å². The van der Waals surface area contributed by atoms with Crippen LogP contribution in [-0.4, -0.2) is 36.0 Å². The minimum atomic E-state index is 0. The Morgan fingerprint density at radius 3 is 2.80 bits per heavy atom. The van der Waals surface area contributed by atoms with Gasteiger partial charge < -0.3 is 10.2 Å². The molecule has 2 saturated heterocycles. The number of fused-ring (bicyclic) bond motifs is 5. The molecule has 25 heavy (non-hydrogen) atoms. The van der Waals surface area contributed by atoms with E-state index in [4.69, 9.17) is 0 Å². The van der Waals surface area contributed by atoms with E-state index in [9.17, 15) is 4.79 Å². The first-order valence-corrected chi connectivity index (χ1v) is 9.86. The molecule has 0 saturated carbocycles. The van der Waals surface area contributed by atoms with Crippen LogP contribution in [-0.2, 0) is 12.8 Å². The van der Waals surface area contributed by atoms with E-state index in [2.05, 4.69) is 40.5 Å². The number of halogens is 1. The zero-order chi connectivity index (χ0) is 16.1. The Bertz CT molecular complexity index is 803. The second-order valence-corrected chi connectivity index (χ2v) is 8.35. The smallest absolute Gasteiger partial charge is 0.264 e. The highest BCUT2D eigenvalue weighted by Crippen LogP contribution is 2.40. The molecule has 2 atom stereocenters. The van der Waals surface area contributed by atoms with Gasteiger partial charge in [0.15, 0.2) is 0 Å². The Hall–Kier alpha value is -1.36. The number of likely N-dealkylation sites (tertiary alicyclic amines) is 1. The second kappa shape index (κ2) is 6.75. The Labute approximate surface area is 158 Å². The Balaban J connectivity index is 0.00000157. The van der Waals surface area contributed by atoms with Crippen LogP contribution in [0.5, 0.6) is 0 Å². The lowest BCUT2D eigenvalue weighted by molar-refractivity contribution is 0.0753. The van der Waals surface area contributed by atoms with Crippen LogP contribution in [0, 0.1) is 0 Å². The predicted octanol–water partition coefficient (Wildman–Crippen LogP) is 3.90. The van der Waals surface area contributed by atoms with Crippen LogP contribution in [0.2, 0.25) is 0 Å². The molecule has 3 heterocycles. The van der Waals surface area contributed by atoms with Gasteiger partial charge in [0.05, 0.1) is 4.88 Å². The number of nitrogens with one attached hydrogen (secondary N) is 1. The number of thiophene rings is 1. The summed E-state index contributed by atoms with van der Waals surface area (Å²) in [5.74, 6) is 0.237. The maximum absolute atomic E-state index is 13.1. The Morgan fingerprint density at radius 1 is 1.08 bits per heavy atom. The molecule has 1 aliphatic carbocycles. The van der Waals surface area contributed by atoms with E-state index in [0.717, 1.165) is 37.2 Å². The fraction of sp³-hybridized carbons (Fsp3) is 0.450. The number of benzene rings is 1. The largest absolute Gasteiger partial charge is 0.336 e. The number of hydrogen-bond acceptors (Lipinski definition) is 3. The van der Waals surface area contributed by atoms with Crippen molar-refractivity contribution in [3.05, 3.63) is 46.3 Å². The van der Waals surface area contributed by atoms with Gasteiger partial charge in [0.1, 0.15) is 0 Å². The van der Waals surface area contributed by atoms with E-state index < -0.39 is 0 Å². The van der Waals surface area contributed by atoms with Crippen molar-refractivity contribution >= 4 is 29.7 Å². The van der Waals surface area contributed by atoms with Gasteiger partial charge in [-0.15, -0.1) is 23.7 Å². The molecule has 3 aliphatic rings. The summed E-state index contributed by atoms with van der Waals surface area (Å²) in [6.07, 6.45) is 5.73. The van der Waals surface area contributed by atoms with Crippen molar-refractivity contribution in [3.63, 3.8) is 0 Å². The van der Waals surface area contributed by atoms with Crippen LogP contribution in [0.4, 0.5) is 0 Å². The van der Waals surface area contributed by atoms with Gasteiger partial charge in [0.2, 0.25) is 0 Å². The molecule has 5 rings (SSSR count). The third-order valence-electron chi connectivity index (χ3n) is 5.76. The summed E-state index contributed by atoms with van der Waals surface area (Å²) in [7, 11) is 0. The van der Waals surface area contributed by atoms with Gasteiger partial charge in [-0.1, -0.05) is 24.3 Å². The van der Waals surface area contributed by atoms with Crippen molar-refractivity contribution in [1.29, 1.82) is 0 Å². The highest BCUT2D eigenvalue weighted by atomic mass is 35.5. The molecule has 2 aromatic rings. The Morgan fingerprint density at radius 2 is 1.88 bits per heavy atom. The number of hydrogen-bond donors (Lipinski definition) is 1. The van der Waals surface area contributed by atoms with Crippen molar-refractivity contribution < 1.29 is 4.79 Å². The number of carbonyl (C=O) groups is 1. The minimum Gasteiger partial charge on any atom is -0.336 e. The first-order valence-electron chi connectivity index (χ1n) is 9.04. The predicted molar refractivity (Wildman–Crippen MR) is 105 cm³/mol. The number of rotatable bonds is 1. The van der Waals surface area contributed by atoms with E-state index in [1.807, 2.05) is 0 Å². The molecule has 1 N–H and O–H groups in total. The van der Waals surface area contributed by atoms with Crippen molar-refractivity contribution in [1.82, 2.24) is 10.2 Å². The minimum absolute atomic E-state index is 0. The van der Waals surface area contributed by atoms with Crippen molar-refractivity contribution in [2.75, 3.05) is 13.1 Å². The van der Waals surface area contributed by atoms with Crippen LogP contribution in [0.25, 0.3) is 10.4 Å². The first kappa shape index (κ1) is 17.1. The zero-order valence-electron chi connectivity index (χ0n) is 14.2. The zero-order valence-corrected chi connectivity index (χ0v) is 15.8. The van der Waals surface area contributed by atoms with Gasteiger partial charge >= 0.3 is 0 Å². The molecule has 3 nitrogen and oxygen atoms in total. The summed E-state index contributed by atoms with van der Waals surface area (Å²) in [5, 5.41) is 3.66. The number of amides is 1. The summed E-state index contributed by atoms with van der Waals surface area (Å²) in [6, 6.07) is 11.9. The van der Waals surface area contributed by atoms with Crippen LogP contribution in [0.15, 0.2) is 30.3 Å². The van der Waals surface area contributed by atoms with E-state index in [1.54, 1.807) is 11.3 Å². The molecule has 1 amide bonds. The second-order valence-electron chi connectivity index (χ2n) is 7.30. The highest BCUT2D eigenvalue weighted by Gasteiger charge is 2.32.